The molecule has 2 aliphatic carbocycles. The minimum absolute atomic E-state index is 0.192. The van der Waals surface area contributed by atoms with Crippen LogP contribution < -0.4 is 10.5 Å². The number of rotatable bonds is 13. The number of amides is 2. The summed E-state index contributed by atoms with van der Waals surface area (Å²) in [5.41, 5.74) is 18.9. The first-order chi connectivity index (χ1) is 27.3. The first kappa shape index (κ1) is 44.4. The Hall–Kier alpha value is -3.17. The molecule has 4 aromatic rings. The van der Waals surface area contributed by atoms with E-state index in [-0.39, 0.29) is 24.7 Å². The Balaban J connectivity index is 1.75. The molecule has 0 saturated heterocycles. The third-order valence-electron chi connectivity index (χ3n) is 12.7. The van der Waals surface area contributed by atoms with Crippen LogP contribution in [-0.2, 0) is 25.8 Å². The van der Waals surface area contributed by atoms with Gasteiger partial charge in [0.05, 0.1) is 0 Å². The first-order valence-corrected chi connectivity index (χ1v) is 31.9. The van der Waals surface area contributed by atoms with E-state index in [0.717, 1.165) is 46.2 Å². The summed E-state index contributed by atoms with van der Waals surface area (Å²) < 4.78 is -1.78. The van der Waals surface area contributed by atoms with Crippen molar-refractivity contribution in [2.24, 2.45) is 11.8 Å². The summed E-state index contributed by atoms with van der Waals surface area (Å²) in [7, 11) is 18.0. The number of allylic oxidation sites excluding steroid dienone is 2. The zero-order valence-electron chi connectivity index (χ0n) is 36.7. The van der Waals surface area contributed by atoms with Gasteiger partial charge in [0, 0.05) is 0 Å². The van der Waals surface area contributed by atoms with Gasteiger partial charge in [-0.25, -0.2) is 0 Å². The minimum atomic E-state index is -6.07. The van der Waals surface area contributed by atoms with Crippen LogP contribution in [0.15, 0.2) is 71.8 Å². The molecular formula is C50H62BCl2N2O2Zr. The summed E-state index contributed by atoms with van der Waals surface area (Å²) in [4.78, 5) is 27.7. The van der Waals surface area contributed by atoms with Gasteiger partial charge in [0.25, 0.3) is 0 Å². The van der Waals surface area contributed by atoms with Gasteiger partial charge in [-0.05, 0) is 0 Å². The van der Waals surface area contributed by atoms with Gasteiger partial charge in [0.1, 0.15) is 0 Å². The van der Waals surface area contributed by atoms with Crippen LogP contribution in [0.3, 0.4) is 0 Å². The number of carbonyl (C=O) groups excluding carboxylic acids is 2. The van der Waals surface area contributed by atoms with Crippen LogP contribution >= 0.6 is 17.0 Å². The van der Waals surface area contributed by atoms with Crippen molar-refractivity contribution in [3.8, 4) is 22.3 Å². The molecule has 4 aromatic carbocycles. The average Bonchev–Trinajstić information content (AvgIpc) is 3.72. The number of hydrogen-bond donors (Lipinski definition) is 2. The van der Waals surface area contributed by atoms with Gasteiger partial charge in [-0.15, -0.1) is 0 Å². The Morgan fingerprint density at radius 3 is 1.34 bits per heavy atom. The van der Waals surface area contributed by atoms with Crippen molar-refractivity contribution >= 4 is 45.5 Å². The first-order valence-electron chi connectivity index (χ1n) is 21.3. The third-order valence-corrected chi connectivity index (χ3v) is 32.6. The summed E-state index contributed by atoms with van der Waals surface area (Å²) in [6, 6.07) is 22.2. The van der Waals surface area contributed by atoms with Crippen molar-refractivity contribution in [2.45, 2.75) is 116 Å². The Morgan fingerprint density at radius 2 is 1.00 bits per heavy atom. The van der Waals surface area contributed by atoms with Crippen molar-refractivity contribution in [3.05, 3.63) is 127 Å². The maximum atomic E-state index is 13.8. The second-order valence-electron chi connectivity index (χ2n) is 18.1. The molecule has 2 atom stereocenters. The monoisotopic (exact) mass is 893 g/mol. The van der Waals surface area contributed by atoms with E-state index in [1.54, 1.807) is 0 Å². The fourth-order valence-corrected chi connectivity index (χ4v) is 30.6. The van der Waals surface area contributed by atoms with Crippen molar-refractivity contribution in [1.82, 2.24) is 10.5 Å². The molecule has 58 heavy (non-hydrogen) atoms. The second-order valence-corrected chi connectivity index (χ2v) is 39.5. The molecule has 2 N–H and O–H groups in total. The maximum absolute atomic E-state index is 13.8. The van der Waals surface area contributed by atoms with E-state index in [4.69, 9.17) is 17.0 Å². The molecule has 0 fully saturated rings. The molecule has 0 bridgehead atoms. The van der Waals surface area contributed by atoms with E-state index in [0.29, 0.717) is 11.8 Å². The molecule has 2 unspecified atom stereocenters. The van der Waals surface area contributed by atoms with Gasteiger partial charge in [-0.3, -0.25) is 0 Å². The van der Waals surface area contributed by atoms with E-state index in [9.17, 15) is 9.59 Å². The average molecular weight is 896 g/mol. The van der Waals surface area contributed by atoms with E-state index >= 15 is 0 Å². The predicted molar refractivity (Wildman–Crippen MR) is 247 cm³/mol. The van der Waals surface area contributed by atoms with Crippen LogP contribution in [0.5, 0.6) is 0 Å². The molecule has 0 radical (unpaired) electrons. The molecule has 6 rings (SSSR count). The van der Waals surface area contributed by atoms with Crippen LogP contribution in [-0.4, -0.2) is 16.3 Å². The SMILES string of the molecule is CCC(=O)N[B](NC(=O)CC)[Zr]([Cl])([Cl])([CH]1C(CC(C)C)=Cc2c(-c3cc(C)cc(C)c3C)cccc21)[CH]1C(CC(C)C)=Cc2c(-c3cc(C)cc(C)c3C)cccc21. The Kier molecular flexibility index (Phi) is 13.1. The van der Waals surface area contributed by atoms with Gasteiger partial charge in [-0.2, -0.15) is 0 Å². The number of nitrogens with one attached hydrogen (secondary N) is 2. The number of benzene rings is 4. The zero-order valence-corrected chi connectivity index (χ0v) is 40.7. The number of hydrogen-bond acceptors (Lipinski definition) is 2. The molecule has 0 spiro atoms. The van der Waals surface area contributed by atoms with Crippen LogP contribution in [0.25, 0.3) is 34.4 Å². The number of carbonyl (C=O) groups is 2. The predicted octanol–water partition coefficient (Wildman–Crippen LogP) is 13.6. The summed E-state index contributed by atoms with van der Waals surface area (Å²) in [5, 5.41) is 6.64. The van der Waals surface area contributed by atoms with Gasteiger partial charge in [-0.1, -0.05) is 0 Å². The summed E-state index contributed by atoms with van der Waals surface area (Å²) >= 11 is -6.07. The normalized spacial score (nSPS) is 16.7. The van der Waals surface area contributed by atoms with Crippen LogP contribution in [0.4, 0.5) is 0 Å². The van der Waals surface area contributed by atoms with Crippen molar-refractivity contribution in [2.75, 3.05) is 0 Å². The van der Waals surface area contributed by atoms with Crippen molar-refractivity contribution in [3.63, 3.8) is 0 Å². The molecule has 8 heteroatoms. The van der Waals surface area contributed by atoms with Crippen molar-refractivity contribution in [1.29, 1.82) is 0 Å². The molecule has 2 amide bonds. The van der Waals surface area contributed by atoms with E-state index in [2.05, 4.69) is 153 Å². The Morgan fingerprint density at radius 1 is 0.621 bits per heavy atom. The van der Waals surface area contributed by atoms with Gasteiger partial charge >= 0.3 is 359 Å². The third kappa shape index (κ3) is 8.04. The summed E-state index contributed by atoms with van der Waals surface area (Å²) in [6.07, 6.45) is 6.73. The molecule has 0 saturated carbocycles. The van der Waals surface area contributed by atoms with Gasteiger partial charge < -0.3 is 0 Å². The quantitative estimate of drug-likeness (QED) is 0.131. The fourth-order valence-electron chi connectivity index (χ4n) is 9.97. The number of halogens is 2. The standard InChI is InChI=1S/2C22H25.C6H11BN2O2.2ClH.Zr/c2*1-14(2)9-18-12-19-7-6-8-20(22(19)13-18)21-11-15(3)10-16(4)17(21)5;1-3-5(10)8-7-9-6(11)4-2;;;/h2*6-8,10-14H,9H2,1-5H3;3-4H2,1-2H3,(H-,8,9,10,11);2*1H;/q;;;;;+1/p-1. The molecule has 2 aliphatic rings. The number of fused-ring (bicyclic) bond motifs is 2. The Bertz CT molecular complexity index is 2200. The zero-order chi connectivity index (χ0) is 42.5. The van der Waals surface area contributed by atoms with Crippen LogP contribution in [0, 0.1) is 53.4 Å². The molecule has 0 heterocycles. The molecular weight excluding hydrogens is 834 g/mol. The fraction of sp³-hybridized carbons (Fsp3) is 0.400. The van der Waals surface area contributed by atoms with Gasteiger partial charge in [0.2, 0.25) is 0 Å². The van der Waals surface area contributed by atoms with Gasteiger partial charge in [0.15, 0.2) is 0 Å². The second kappa shape index (κ2) is 17.1. The van der Waals surface area contributed by atoms with Crippen molar-refractivity contribution < 1.29 is 25.8 Å². The van der Waals surface area contributed by atoms with Crippen LogP contribution in [0.2, 0.25) is 0 Å². The summed E-state index contributed by atoms with van der Waals surface area (Å²) in [6.45, 7) is 25.7. The molecule has 4 nitrogen and oxygen atoms in total. The van der Waals surface area contributed by atoms with E-state index in [1.165, 1.54) is 55.7 Å². The van der Waals surface area contributed by atoms with Crippen LogP contribution in [0.1, 0.15) is 130 Å². The summed E-state index contributed by atoms with van der Waals surface area (Å²) in [5.74, 6) is 0.220. The molecule has 305 valence electrons. The molecule has 0 aromatic heterocycles. The number of aryl methyl sites for hydroxylation is 4. The molecule has 0 aliphatic heterocycles. The Labute approximate surface area is 356 Å². The van der Waals surface area contributed by atoms with E-state index in [1.807, 2.05) is 13.8 Å². The van der Waals surface area contributed by atoms with E-state index < -0.39 is 27.9 Å². The topological polar surface area (TPSA) is 58.2 Å².